The van der Waals surface area contributed by atoms with Gasteiger partial charge in [-0.05, 0) is 24.8 Å². The van der Waals surface area contributed by atoms with Crippen molar-refractivity contribution in [3.8, 4) is 5.75 Å². The van der Waals surface area contributed by atoms with Crippen molar-refractivity contribution < 1.29 is 4.74 Å². The van der Waals surface area contributed by atoms with Gasteiger partial charge in [0.2, 0.25) is 0 Å². The smallest absolute Gasteiger partial charge is 0.335 e. The Hall–Kier alpha value is -1.69. The molecule has 2 rings (SSSR count). The fraction of sp³-hybridized carbons (Fsp3) is 0.529. The van der Waals surface area contributed by atoms with Crippen molar-refractivity contribution in [3.05, 3.63) is 28.7 Å². The Morgan fingerprint density at radius 1 is 1.26 bits per heavy atom. The third kappa shape index (κ3) is 3.80. The first kappa shape index (κ1) is 17.7. The van der Waals surface area contributed by atoms with Gasteiger partial charge < -0.3 is 4.74 Å². The van der Waals surface area contributed by atoms with Crippen molar-refractivity contribution in [2.24, 2.45) is 7.05 Å². The van der Waals surface area contributed by atoms with Crippen LogP contribution in [0.5, 0.6) is 5.75 Å². The zero-order valence-corrected chi connectivity index (χ0v) is 14.9. The molecular weight excluding hydrogens is 310 g/mol. The van der Waals surface area contributed by atoms with Gasteiger partial charge in [-0.3, -0.25) is 9.98 Å². The number of aromatic nitrogens is 2. The van der Waals surface area contributed by atoms with E-state index < -0.39 is 0 Å². The van der Waals surface area contributed by atoms with Gasteiger partial charge in [0, 0.05) is 7.05 Å². The minimum Gasteiger partial charge on any atom is -0.491 e. The maximum atomic E-state index is 12.4. The summed E-state index contributed by atoms with van der Waals surface area (Å²) in [6.45, 7) is 2.86. The molecule has 6 heteroatoms. The highest BCUT2D eigenvalue weighted by Gasteiger charge is 2.17. The second kappa shape index (κ2) is 8.24. The van der Waals surface area contributed by atoms with E-state index in [1.165, 1.54) is 42.0 Å². The van der Waals surface area contributed by atoms with Gasteiger partial charge in [0.1, 0.15) is 11.3 Å². The summed E-state index contributed by atoms with van der Waals surface area (Å²) < 4.78 is 8.90. The predicted molar refractivity (Wildman–Crippen MR) is 98.1 cm³/mol. The molecule has 23 heavy (non-hydrogen) atoms. The monoisotopic (exact) mass is 335 g/mol. The second-order valence-electron chi connectivity index (χ2n) is 5.57. The van der Waals surface area contributed by atoms with E-state index in [0.717, 1.165) is 17.5 Å². The molecule has 1 aromatic heterocycles. The van der Waals surface area contributed by atoms with E-state index in [9.17, 15) is 4.79 Å². The molecule has 5 nitrogen and oxygen atoms in total. The number of para-hydroxylation sites is 1. The van der Waals surface area contributed by atoms with E-state index >= 15 is 0 Å². The third-order valence-corrected chi connectivity index (χ3v) is 4.50. The molecule has 1 aromatic carbocycles. The Morgan fingerprint density at radius 3 is 2.70 bits per heavy atom. The summed E-state index contributed by atoms with van der Waals surface area (Å²) in [5.74, 6) is 0.713. The number of hydrogen-bond donors (Lipinski definition) is 1. The number of nitrogens with zero attached hydrogens (tertiary/aromatic N) is 2. The summed E-state index contributed by atoms with van der Waals surface area (Å²) in [6, 6.07) is 5.62. The fourth-order valence-corrected chi connectivity index (χ4v) is 3.03. The lowest BCUT2D eigenvalue weighted by atomic mass is 10.2. The molecule has 1 heterocycles. The fourth-order valence-electron chi connectivity index (χ4n) is 2.67. The number of fused-ring (bicyclic) bond motifs is 1. The molecule has 0 bridgehead atoms. The lowest BCUT2D eigenvalue weighted by Gasteiger charge is -2.08. The van der Waals surface area contributed by atoms with E-state index in [1.807, 2.05) is 18.2 Å². The molecule has 0 spiro atoms. The maximum Gasteiger partial charge on any atom is 0.335 e. The molecule has 126 valence electrons. The van der Waals surface area contributed by atoms with E-state index in [0.29, 0.717) is 12.4 Å². The van der Waals surface area contributed by atoms with Gasteiger partial charge >= 0.3 is 5.69 Å². The largest absolute Gasteiger partial charge is 0.491 e. The Kier molecular flexibility index (Phi) is 6.33. The Balaban J connectivity index is 2.22. The normalized spacial score (nSPS) is 11.1. The zero-order chi connectivity index (χ0) is 16.8. The molecule has 0 aliphatic heterocycles. The van der Waals surface area contributed by atoms with Crippen LogP contribution in [-0.2, 0) is 7.05 Å². The molecule has 0 fully saturated rings. The van der Waals surface area contributed by atoms with Crippen molar-refractivity contribution in [3.63, 3.8) is 0 Å². The zero-order valence-electron chi connectivity index (χ0n) is 14.1. The standard InChI is InChI=1S/C17H25N3O2S/c1-4-5-6-7-8-12-22-14-11-9-10-13-15(14)19(2)17(21)20(13)16(18)23-3/h9-11,18H,4-8,12H2,1-3H3. The topological polar surface area (TPSA) is 60.0 Å². The van der Waals surface area contributed by atoms with Crippen LogP contribution in [0.25, 0.3) is 11.0 Å². The molecule has 0 saturated carbocycles. The van der Waals surface area contributed by atoms with Crippen molar-refractivity contribution in [2.45, 2.75) is 39.0 Å². The number of ether oxygens (including phenoxy) is 1. The first-order chi connectivity index (χ1) is 11.1. The Bertz CT molecular complexity index is 733. The van der Waals surface area contributed by atoms with Crippen LogP contribution in [0.3, 0.4) is 0 Å². The summed E-state index contributed by atoms with van der Waals surface area (Å²) in [5, 5.41) is 8.21. The number of thioether (sulfide) groups is 1. The number of unbranched alkanes of at least 4 members (excludes halogenated alkanes) is 4. The number of hydrogen-bond acceptors (Lipinski definition) is 4. The molecule has 1 N–H and O–H groups in total. The number of benzene rings is 1. The highest BCUT2D eigenvalue weighted by molar-refractivity contribution is 8.13. The van der Waals surface area contributed by atoms with Crippen LogP contribution in [0.15, 0.2) is 23.0 Å². The first-order valence-electron chi connectivity index (χ1n) is 8.08. The van der Waals surface area contributed by atoms with Gasteiger partial charge in [0.15, 0.2) is 5.17 Å². The van der Waals surface area contributed by atoms with Crippen LogP contribution in [0.1, 0.15) is 39.0 Å². The van der Waals surface area contributed by atoms with Crippen LogP contribution in [0, 0.1) is 5.41 Å². The molecule has 0 radical (unpaired) electrons. The number of rotatable bonds is 7. The summed E-state index contributed by atoms with van der Waals surface area (Å²) >= 11 is 1.25. The average Bonchev–Trinajstić information content (AvgIpc) is 2.82. The lowest BCUT2D eigenvalue weighted by molar-refractivity contribution is 0.307. The highest BCUT2D eigenvalue weighted by Crippen LogP contribution is 2.25. The van der Waals surface area contributed by atoms with E-state index in [-0.39, 0.29) is 10.9 Å². The Labute approximate surface area is 141 Å². The van der Waals surface area contributed by atoms with Gasteiger partial charge in [-0.15, -0.1) is 0 Å². The summed E-state index contributed by atoms with van der Waals surface area (Å²) in [5.41, 5.74) is 1.27. The van der Waals surface area contributed by atoms with E-state index in [4.69, 9.17) is 10.1 Å². The van der Waals surface area contributed by atoms with Gasteiger partial charge in [0.05, 0.1) is 12.1 Å². The van der Waals surface area contributed by atoms with Gasteiger partial charge in [-0.2, -0.15) is 0 Å². The van der Waals surface area contributed by atoms with Crippen LogP contribution >= 0.6 is 11.8 Å². The van der Waals surface area contributed by atoms with Crippen LogP contribution < -0.4 is 10.4 Å². The van der Waals surface area contributed by atoms with Crippen molar-refractivity contribution >= 4 is 28.0 Å². The predicted octanol–water partition coefficient (Wildman–Crippen LogP) is 3.84. The molecular formula is C17H25N3O2S. The molecule has 0 amide bonds. The van der Waals surface area contributed by atoms with Crippen LogP contribution in [0.4, 0.5) is 0 Å². The first-order valence-corrected chi connectivity index (χ1v) is 9.30. The third-order valence-electron chi connectivity index (χ3n) is 3.93. The van der Waals surface area contributed by atoms with Crippen LogP contribution in [0.2, 0.25) is 0 Å². The molecule has 0 aliphatic rings. The summed E-state index contributed by atoms with van der Waals surface area (Å²) in [4.78, 5) is 12.4. The SMILES string of the molecule is CCCCCCCOc1cccc2c1n(C)c(=O)n2C(=N)SC. The second-order valence-corrected chi connectivity index (χ2v) is 6.37. The van der Waals surface area contributed by atoms with Crippen molar-refractivity contribution in [1.29, 1.82) is 5.41 Å². The maximum absolute atomic E-state index is 12.4. The molecule has 0 atom stereocenters. The molecule has 0 unspecified atom stereocenters. The molecule has 2 aromatic rings. The minimum atomic E-state index is -0.210. The number of aryl methyl sites for hydroxylation is 1. The van der Waals surface area contributed by atoms with Gasteiger partial charge in [0.25, 0.3) is 0 Å². The van der Waals surface area contributed by atoms with Gasteiger partial charge in [-0.25, -0.2) is 9.36 Å². The van der Waals surface area contributed by atoms with E-state index in [2.05, 4.69) is 6.92 Å². The quantitative estimate of drug-likeness (QED) is 0.475. The average molecular weight is 335 g/mol. The summed E-state index contributed by atoms with van der Waals surface area (Å²) in [6.07, 6.45) is 7.72. The highest BCUT2D eigenvalue weighted by atomic mass is 32.2. The van der Waals surface area contributed by atoms with Crippen molar-refractivity contribution in [1.82, 2.24) is 9.13 Å². The molecule has 0 aliphatic carbocycles. The van der Waals surface area contributed by atoms with Gasteiger partial charge in [-0.1, -0.05) is 50.4 Å². The summed E-state index contributed by atoms with van der Waals surface area (Å²) in [7, 11) is 1.73. The number of nitrogens with one attached hydrogen (secondary N) is 1. The number of imidazole rings is 1. The Morgan fingerprint density at radius 2 is 2.00 bits per heavy atom. The van der Waals surface area contributed by atoms with Crippen LogP contribution in [-0.4, -0.2) is 27.2 Å². The van der Waals surface area contributed by atoms with E-state index in [1.54, 1.807) is 17.9 Å². The minimum absolute atomic E-state index is 0.210. The molecule has 0 saturated heterocycles. The lowest BCUT2D eigenvalue weighted by Crippen LogP contribution is -2.25. The van der Waals surface area contributed by atoms with Crippen molar-refractivity contribution in [2.75, 3.05) is 12.9 Å².